The van der Waals surface area contributed by atoms with E-state index in [1.54, 1.807) is 0 Å². The SMILES string of the molecule is CCC1CN(c2ccncc2CNC(C)C)CCS1. The molecule has 1 unspecified atom stereocenters. The van der Waals surface area contributed by atoms with E-state index in [9.17, 15) is 0 Å². The topological polar surface area (TPSA) is 28.2 Å². The summed E-state index contributed by atoms with van der Waals surface area (Å²) in [6.07, 6.45) is 5.18. The molecule has 0 radical (unpaired) electrons. The van der Waals surface area contributed by atoms with Crippen LogP contribution in [0.2, 0.25) is 0 Å². The largest absolute Gasteiger partial charge is 0.369 e. The van der Waals surface area contributed by atoms with Gasteiger partial charge in [0.05, 0.1) is 0 Å². The highest BCUT2D eigenvalue weighted by Crippen LogP contribution is 2.27. The minimum atomic E-state index is 0.508. The second-order valence-corrected chi connectivity index (χ2v) is 6.80. The number of nitrogens with one attached hydrogen (secondary N) is 1. The Hall–Kier alpha value is -0.740. The highest BCUT2D eigenvalue weighted by atomic mass is 32.2. The molecule has 106 valence electrons. The van der Waals surface area contributed by atoms with Gasteiger partial charge in [-0.1, -0.05) is 20.8 Å². The third kappa shape index (κ3) is 4.11. The Labute approximate surface area is 121 Å². The zero-order chi connectivity index (χ0) is 13.7. The van der Waals surface area contributed by atoms with Gasteiger partial charge in [0.2, 0.25) is 0 Å². The van der Waals surface area contributed by atoms with Crippen LogP contribution in [0.25, 0.3) is 0 Å². The minimum Gasteiger partial charge on any atom is -0.369 e. The second-order valence-electron chi connectivity index (χ2n) is 5.39. The molecule has 0 saturated carbocycles. The molecule has 0 aliphatic carbocycles. The number of hydrogen-bond acceptors (Lipinski definition) is 4. The lowest BCUT2D eigenvalue weighted by Gasteiger charge is -2.34. The number of hydrogen-bond donors (Lipinski definition) is 1. The zero-order valence-electron chi connectivity index (χ0n) is 12.2. The van der Waals surface area contributed by atoms with Crippen molar-refractivity contribution in [2.24, 2.45) is 0 Å². The van der Waals surface area contributed by atoms with Crippen LogP contribution in [-0.4, -0.2) is 35.1 Å². The molecule has 1 fully saturated rings. The molecule has 0 spiro atoms. The first-order valence-corrected chi connectivity index (χ1v) is 8.28. The van der Waals surface area contributed by atoms with Gasteiger partial charge in [-0.25, -0.2) is 0 Å². The third-order valence-electron chi connectivity index (χ3n) is 3.51. The Balaban J connectivity index is 2.09. The molecule has 1 aliphatic heterocycles. The number of rotatable bonds is 5. The molecule has 0 aromatic carbocycles. The fraction of sp³-hybridized carbons (Fsp3) is 0.667. The standard InChI is InChI=1S/C15H25N3S/c1-4-14-11-18(7-8-19-14)15-5-6-16-9-13(15)10-17-12(2)3/h5-6,9,12,14,17H,4,7-8,10-11H2,1-3H3. The van der Waals surface area contributed by atoms with Crippen molar-refractivity contribution in [1.82, 2.24) is 10.3 Å². The van der Waals surface area contributed by atoms with Gasteiger partial charge in [0.15, 0.2) is 0 Å². The average molecular weight is 279 g/mol. The summed E-state index contributed by atoms with van der Waals surface area (Å²) in [6, 6.07) is 2.67. The Kier molecular flexibility index (Phi) is 5.52. The summed E-state index contributed by atoms with van der Waals surface area (Å²) >= 11 is 2.11. The van der Waals surface area contributed by atoms with E-state index in [-0.39, 0.29) is 0 Å². The molecule has 4 heteroatoms. The molecule has 19 heavy (non-hydrogen) atoms. The number of nitrogens with zero attached hydrogens (tertiary/aromatic N) is 2. The first kappa shape index (κ1) is 14.7. The van der Waals surface area contributed by atoms with Gasteiger partial charge in [-0.15, -0.1) is 0 Å². The molecule has 1 N–H and O–H groups in total. The monoisotopic (exact) mass is 279 g/mol. The van der Waals surface area contributed by atoms with Crippen LogP contribution < -0.4 is 10.2 Å². The molecule has 2 heterocycles. The molecular formula is C15H25N3S. The fourth-order valence-electron chi connectivity index (χ4n) is 2.36. The number of thioether (sulfide) groups is 1. The van der Waals surface area contributed by atoms with Crippen molar-refractivity contribution < 1.29 is 0 Å². The molecule has 1 atom stereocenters. The van der Waals surface area contributed by atoms with Gasteiger partial charge in [0.1, 0.15) is 0 Å². The molecule has 1 aliphatic rings. The maximum Gasteiger partial charge on any atom is 0.0443 e. The van der Waals surface area contributed by atoms with Crippen molar-refractivity contribution in [3.05, 3.63) is 24.0 Å². The van der Waals surface area contributed by atoms with Crippen molar-refractivity contribution in [3.63, 3.8) is 0 Å². The van der Waals surface area contributed by atoms with Gasteiger partial charge in [0, 0.05) is 60.3 Å². The molecule has 0 amide bonds. The fourth-order valence-corrected chi connectivity index (χ4v) is 3.54. The van der Waals surface area contributed by atoms with Crippen LogP contribution in [0.15, 0.2) is 18.5 Å². The Bertz CT molecular complexity index is 395. The van der Waals surface area contributed by atoms with E-state index in [0.717, 1.165) is 18.3 Å². The Morgan fingerprint density at radius 1 is 1.53 bits per heavy atom. The first-order chi connectivity index (χ1) is 9.20. The van der Waals surface area contributed by atoms with E-state index >= 15 is 0 Å². The Morgan fingerprint density at radius 2 is 2.37 bits per heavy atom. The van der Waals surface area contributed by atoms with Gasteiger partial charge in [-0.3, -0.25) is 4.98 Å². The lowest BCUT2D eigenvalue weighted by Crippen LogP contribution is -2.38. The predicted octanol–water partition coefficient (Wildman–Crippen LogP) is 2.91. The van der Waals surface area contributed by atoms with Gasteiger partial charge < -0.3 is 10.2 Å². The van der Waals surface area contributed by atoms with Crippen LogP contribution in [0, 0.1) is 0 Å². The predicted molar refractivity (Wildman–Crippen MR) is 85.0 cm³/mol. The van der Waals surface area contributed by atoms with Crippen molar-refractivity contribution in [1.29, 1.82) is 0 Å². The number of aromatic nitrogens is 1. The van der Waals surface area contributed by atoms with Crippen LogP contribution in [0.1, 0.15) is 32.8 Å². The van der Waals surface area contributed by atoms with Crippen LogP contribution in [0.4, 0.5) is 5.69 Å². The lowest BCUT2D eigenvalue weighted by atomic mass is 10.2. The van der Waals surface area contributed by atoms with Crippen molar-refractivity contribution >= 4 is 17.4 Å². The molecule has 2 rings (SSSR count). The summed E-state index contributed by atoms with van der Waals surface area (Å²) in [7, 11) is 0. The van der Waals surface area contributed by atoms with Crippen molar-refractivity contribution in [3.8, 4) is 0 Å². The molecule has 0 bridgehead atoms. The molecule has 1 aromatic heterocycles. The van der Waals surface area contributed by atoms with E-state index < -0.39 is 0 Å². The first-order valence-electron chi connectivity index (χ1n) is 7.23. The third-order valence-corrected chi connectivity index (χ3v) is 4.89. The van der Waals surface area contributed by atoms with Crippen LogP contribution >= 0.6 is 11.8 Å². The highest BCUT2D eigenvalue weighted by Gasteiger charge is 2.20. The molecule has 3 nitrogen and oxygen atoms in total. The zero-order valence-corrected chi connectivity index (χ0v) is 13.0. The molecular weight excluding hydrogens is 254 g/mol. The van der Waals surface area contributed by atoms with Gasteiger partial charge in [-0.2, -0.15) is 11.8 Å². The van der Waals surface area contributed by atoms with Gasteiger partial charge in [0.25, 0.3) is 0 Å². The summed E-state index contributed by atoms with van der Waals surface area (Å²) in [6.45, 7) is 9.87. The molecule has 1 saturated heterocycles. The smallest absolute Gasteiger partial charge is 0.0443 e. The van der Waals surface area contributed by atoms with Crippen LogP contribution in [0.3, 0.4) is 0 Å². The van der Waals surface area contributed by atoms with Crippen LogP contribution in [-0.2, 0) is 6.54 Å². The summed E-state index contributed by atoms with van der Waals surface area (Å²) in [4.78, 5) is 6.82. The van der Waals surface area contributed by atoms with E-state index in [1.165, 1.54) is 30.0 Å². The van der Waals surface area contributed by atoms with E-state index in [2.05, 4.69) is 53.8 Å². The van der Waals surface area contributed by atoms with Crippen molar-refractivity contribution in [2.45, 2.75) is 45.0 Å². The average Bonchev–Trinajstić information content (AvgIpc) is 2.45. The quantitative estimate of drug-likeness (QED) is 0.897. The van der Waals surface area contributed by atoms with Gasteiger partial charge in [-0.05, 0) is 12.5 Å². The normalized spacial score (nSPS) is 20.0. The maximum atomic E-state index is 4.29. The van der Waals surface area contributed by atoms with Gasteiger partial charge >= 0.3 is 0 Å². The van der Waals surface area contributed by atoms with E-state index in [1.807, 2.05) is 12.4 Å². The summed E-state index contributed by atoms with van der Waals surface area (Å²) in [5.74, 6) is 1.23. The summed E-state index contributed by atoms with van der Waals surface area (Å²) in [5.41, 5.74) is 2.68. The van der Waals surface area contributed by atoms with Crippen LogP contribution in [0.5, 0.6) is 0 Å². The maximum absolute atomic E-state index is 4.29. The number of pyridine rings is 1. The number of anilines is 1. The van der Waals surface area contributed by atoms with E-state index in [0.29, 0.717) is 6.04 Å². The molecule has 1 aromatic rings. The lowest BCUT2D eigenvalue weighted by molar-refractivity contribution is 0.586. The van der Waals surface area contributed by atoms with E-state index in [4.69, 9.17) is 0 Å². The van der Waals surface area contributed by atoms with Crippen molar-refractivity contribution in [2.75, 3.05) is 23.7 Å². The summed E-state index contributed by atoms with van der Waals surface area (Å²) in [5, 5.41) is 4.27. The second kappa shape index (κ2) is 7.15. The Morgan fingerprint density at radius 3 is 3.11 bits per heavy atom. The summed E-state index contributed by atoms with van der Waals surface area (Å²) < 4.78 is 0. The minimum absolute atomic E-state index is 0.508. The highest BCUT2D eigenvalue weighted by molar-refractivity contribution is 8.00.